The number of nitrogens with two attached hydrogens (primary N) is 1. The van der Waals surface area contributed by atoms with Crippen LogP contribution >= 0.6 is 15.9 Å². The summed E-state index contributed by atoms with van der Waals surface area (Å²) in [6, 6.07) is 4.02. The van der Waals surface area contributed by atoms with E-state index in [4.69, 9.17) is 5.73 Å². The van der Waals surface area contributed by atoms with Crippen LogP contribution in [0.5, 0.6) is 0 Å². The lowest BCUT2D eigenvalue weighted by molar-refractivity contribution is 0.578. The molecule has 1 aromatic rings. The van der Waals surface area contributed by atoms with Crippen LogP contribution in [0.2, 0.25) is 0 Å². The maximum Gasteiger partial charge on any atom is 0.160 e. The highest BCUT2D eigenvalue weighted by molar-refractivity contribution is 9.10. The standard InChI is InChI=1S/C15H24BrFN2/c1-4-5-6-9-19(11(2)3)13-8-7-12(10-18)14(16)15(13)17/h7-8,11H,4-6,9-10,18H2,1-3H3. The Morgan fingerprint density at radius 2 is 2.00 bits per heavy atom. The van der Waals surface area contributed by atoms with E-state index in [0.717, 1.165) is 18.5 Å². The number of hydrogen-bond acceptors (Lipinski definition) is 2. The van der Waals surface area contributed by atoms with Crippen molar-refractivity contribution in [1.29, 1.82) is 0 Å². The highest BCUT2D eigenvalue weighted by Gasteiger charge is 2.18. The van der Waals surface area contributed by atoms with Crippen molar-refractivity contribution in [3.05, 3.63) is 28.0 Å². The molecule has 1 aromatic carbocycles. The molecule has 4 heteroatoms. The molecule has 2 N–H and O–H groups in total. The molecule has 108 valence electrons. The van der Waals surface area contributed by atoms with Gasteiger partial charge in [-0.05, 0) is 47.8 Å². The van der Waals surface area contributed by atoms with Crippen molar-refractivity contribution in [2.75, 3.05) is 11.4 Å². The van der Waals surface area contributed by atoms with Gasteiger partial charge < -0.3 is 10.6 Å². The van der Waals surface area contributed by atoms with Crippen molar-refractivity contribution >= 4 is 21.6 Å². The fraction of sp³-hybridized carbons (Fsp3) is 0.600. The van der Waals surface area contributed by atoms with E-state index >= 15 is 0 Å². The lowest BCUT2D eigenvalue weighted by atomic mass is 10.1. The zero-order valence-corrected chi connectivity index (χ0v) is 13.6. The molecule has 0 unspecified atom stereocenters. The van der Waals surface area contributed by atoms with Crippen molar-refractivity contribution in [2.45, 2.75) is 52.6 Å². The van der Waals surface area contributed by atoms with Gasteiger partial charge in [0, 0.05) is 19.1 Å². The quantitative estimate of drug-likeness (QED) is 0.748. The molecule has 0 saturated carbocycles. The summed E-state index contributed by atoms with van der Waals surface area (Å²) < 4.78 is 14.9. The first-order valence-corrected chi connectivity index (χ1v) is 7.75. The second-order valence-corrected chi connectivity index (χ2v) is 5.86. The third-order valence-electron chi connectivity index (χ3n) is 3.30. The van der Waals surface area contributed by atoms with Crippen LogP contribution in [-0.4, -0.2) is 12.6 Å². The number of benzene rings is 1. The molecule has 0 aliphatic heterocycles. The van der Waals surface area contributed by atoms with Gasteiger partial charge in [0.1, 0.15) is 0 Å². The van der Waals surface area contributed by atoms with E-state index in [2.05, 4.69) is 41.6 Å². The molecule has 0 heterocycles. The van der Waals surface area contributed by atoms with E-state index in [1.54, 1.807) is 0 Å². The van der Waals surface area contributed by atoms with Crippen molar-refractivity contribution in [2.24, 2.45) is 5.73 Å². The van der Waals surface area contributed by atoms with Crippen molar-refractivity contribution in [1.82, 2.24) is 0 Å². The summed E-state index contributed by atoms with van der Waals surface area (Å²) >= 11 is 3.31. The molecule has 0 fully saturated rings. The van der Waals surface area contributed by atoms with Gasteiger partial charge in [0.2, 0.25) is 0 Å². The fourth-order valence-electron chi connectivity index (χ4n) is 2.15. The van der Waals surface area contributed by atoms with Crippen molar-refractivity contribution < 1.29 is 4.39 Å². The molecule has 0 bridgehead atoms. The van der Waals surface area contributed by atoms with Gasteiger partial charge in [-0.25, -0.2) is 4.39 Å². The summed E-state index contributed by atoms with van der Waals surface area (Å²) in [5.74, 6) is -0.201. The highest BCUT2D eigenvalue weighted by atomic mass is 79.9. The van der Waals surface area contributed by atoms with E-state index in [0.29, 0.717) is 16.7 Å². The lowest BCUT2D eigenvalue weighted by Gasteiger charge is -2.30. The Labute approximate surface area is 124 Å². The minimum atomic E-state index is -0.201. The smallest absolute Gasteiger partial charge is 0.160 e. The first-order chi connectivity index (χ1) is 9.02. The fourth-order valence-corrected chi connectivity index (χ4v) is 2.64. The molecule has 0 aliphatic carbocycles. The van der Waals surface area contributed by atoms with Crippen LogP contribution in [-0.2, 0) is 6.54 Å². The van der Waals surface area contributed by atoms with Crippen LogP contribution in [0.25, 0.3) is 0 Å². The number of anilines is 1. The minimum Gasteiger partial charge on any atom is -0.367 e. The van der Waals surface area contributed by atoms with Gasteiger partial charge in [0.05, 0.1) is 10.2 Å². The Kier molecular flexibility index (Phi) is 6.80. The number of halogens is 2. The molecule has 0 atom stereocenters. The summed E-state index contributed by atoms with van der Waals surface area (Å²) in [7, 11) is 0. The molecule has 0 spiro atoms. The summed E-state index contributed by atoms with van der Waals surface area (Å²) in [6.45, 7) is 7.59. The number of hydrogen-bond donors (Lipinski definition) is 1. The van der Waals surface area contributed by atoms with Crippen molar-refractivity contribution in [3.8, 4) is 0 Å². The molecule has 2 nitrogen and oxygen atoms in total. The average molecular weight is 331 g/mol. The van der Waals surface area contributed by atoms with E-state index < -0.39 is 0 Å². The van der Waals surface area contributed by atoms with Crippen LogP contribution in [0.3, 0.4) is 0 Å². The van der Waals surface area contributed by atoms with Crippen molar-refractivity contribution in [3.63, 3.8) is 0 Å². The number of nitrogens with zero attached hydrogens (tertiary/aromatic N) is 1. The average Bonchev–Trinajstić information content (AvgIpc) is 2.38. The van der Waals surface area contributed by atoms with Crippen LogP contribution in [0, 0.1) is 5.82 Å². The van der Waals surface area contributed by atoms with E-state index in [1.807, 2.05) is 12.1 Å². The Morgan fingerprint density at radius 1 is 1.32 bits per heavy atom. The highest BCUT2D eigenvalue weighted by Crippen LogP contribution is 2.30. The van der Waals surface area contributed by atoms with E-state index in [9.17, 15) is 4.39 Å². The van der Waals surface area contributed by atoms with Crippen LogP contribution in [0.15, 0.2) is 16.6 Å². The number of unbranched alkanes of at least 4 members (excludes halogenated alkanes) is 2. The summed E-state index contributed by atoms with van der Waals surface area (Å²) in [4.78, 5) is 2.12. The molecular formula is C15H24BrFN2. The molecule has 0 saturated heterocycles. The van der Waals surface area contributed by atoms with Crippen LogP contribution in [0.4, 0.5) is 10.1 Å². The second kappa shape index (κ2) is 7.85. The van der Waals surface area contributed by atoms with Crippen LogP contribution < -0.4 is 10.6 Å². The Balaban J connectivity index is 2.99. The third kappa shape index (κ3) is 4.18. The van der Waals surface area contributed by atoms with Gasteiger partial charge in [-0.3, -0.25) is 0 Å². The van der Waals surface area contributed by atoms with Gasteiger partial charge in [-0.15, -0.1) is 0 Å². The van der Waals surface area contributed by atoms with E-state index in [1.165, 1.54) is 12.8 Å². The Bertz CT molecular complexity index is 407. The summed E-state index contributed by atoms with van der Waals surface area (Å²) in [5, 5.41) is 0. The Hall–Kier alpha value is -0.610. The minimum absolute atomic E-state index is 0.201. The second-order valence-electron chi connectivity index (χ2n) is 5.07. The van der Waals surface area contributed by atoms with Gasteiger partial charge >= 0.3 is 0 Å². The third-order valence-corrected chi connectivity index (χ3v) is 4.15. The van der Waals surface area contributed by atoms with Gasteiger partial charge in [-0.1, -0.05) is 25.8 Å². The summed E-state index contributed by atoms with van der Waals surface area (Å²) in [6.07, 6.45) is 3.43. The largest absolute Gasteiger partial charge is 0.367 e. The SMILES string of the molecule is CCCCCN(c1ccc(CN)c(Br)c1F)C(C)C. The molecule has 0 aliphatic rings. The maximum atomic E-state index is 14.4. The molecular weight excluding hydrogens is 307 g/mol. The lowest BCUT2D eigenvalue weighted by Crippen LogP contribution is -2.32. The first-order valence-electron chi connectivity index (χ1n) is 6.96. The molecule has 19 heavy (non-hydrogen) atoms. The predicted molar refractivity (Wildman–Crippen MR) is 84.0 cm³/mol. The molecule has 0 radical (unpaired) electrons. The van der Waals surface area contributed by atoms with Crippen LogP contribution in [0.1, 0.15) is 45.6 Å². The Morgan fingerprint density at radius 3 is 2.53 bits per heavy atom. The summed E-state index contributed by atoms with van der Waals surface area (Å²) in [5.41, 5.74) is 7.06. The number of rotatable bonds is 7. The first kappa shape index (κ1) is 16.4. The maximum absolute atomic E-state index is 14.4. The van der Waals surface area contributed by atoms with Gasteiger partial charge in [-0.2, -0.15) is 0 Å². The molecule has 0 aromatic heterocycles. The van der Waals surface area contributed by atoms with Gasteiger partial charge in [0.25, 0.3) is 0 Å². The zero-order chi connectivity index (χ0) is 14.4. The topological polar surface area (TPSA) is 29.3 Å². The van der Waals surface area contributed by atoms with E-state index in [-0.39, 0.29) is 11.9 Å². The molecule has 1 rings (SSSR count). The zero-order valence-electron chi connectivity index (χ0n) is 12.0. The normalized spacial score (nSPS) is 11.1. The molecule has 0 amide bonds. The van der Waals surface area contributed by atoms with Gasteiger partial charge in [0.15, 0.2) is 5.82 Å². The predicted octanol–water partition coefficient (Wildman–Crippen LogP) is 4.45. The monoisotopic (exact) mass is 330 g/mol.